The minimum absolute atomic E-state index is 0.149. The predicted molar refractivity (Wildman–Crippen MR) is 52.4 cm³/mol. The van der Waals surface area contributed by atoms with Gasteiger partial charge in [0.05, 0.1) is 18.2 Å². The minimum atomic E-state index is -0.860. The Morgan fingerprint density at radius 3 is 2.80 bits per heavy atom. The zero-order chi connectivity index (χ0) is 10.7. The van der Waals surface area contributed by atoms with Crippen LogP contribution in [0, 0.1) is 11.6 Å². The molecular formula is C11H9F2NO. The first-order chi connectivity index (χ1) is 7.27. The SMILES string of the molecule is Fc1cccc(NCc2ccoc2)c1F. The molecule has 0 amide bonds. The van der Waals surface area contributed by atoms with Gasteiger partial charge in [0.1, 0.15) is 0 Å². The molecule has 1 aromatic carbocycles. The van der Waals surface area contributed by atoms with Crippen molar-refractivity contribution in [2.45, 2.75) is 6.54 Å². The largest absolute Gasteiger partial charge is 0.472 e. The van der Waals surface area contributed by atoms with Crippen LogP contribution in [-0.4, -0.2) is 0 Å². The Labute approximate surface area is 85.5 Å². The Balaban J connectivity index is 2.08. The van der Waals surface area contributed by atoms with E-state index in [1.807, 2.05) is 0 Å². The maximum atomic E-state index is 13.2. The Bertz CT molecular complexity index is 440. The van der Waals surface area contributed by atoms with Crippen LogP contribution in [0.25, 0.3) is 0 Å². The Morgan fingerprint density at radius 1 is 1.20 bits per heavy atom. The van der Waals surface area contributed by atoms with Gasteiger partial charge >= 0.3 is 0 Å². The molecule has 78 valence electrons. The molecule has 2 aromatic rings. The summed E-state index contributed by atoms with van der Waals surface area (Å²) in [6.07, 6.45) is 3.07. The zero-order valence-corrected chi connectivity index (χ0v) is 7.84. The van der Waals surface area contributed by atoms with Gasteiger partial charge in [-0.15, -0.1) is 0 Å². The van der Waals surface area contributed by atoms with E-state index in [1.165, 1.54) is 18.4 Å². The Morgan fingerprint density at radius 2 is 2.07 bits per heavy atom. The molecule has 0 saturated carbocycles. The van der Waals surface area contributed by atoms with Crippen molar-refractivity contribution in [3.63, 3.8) is 0 Å². The quantitative estimate of drug-likeness (QED) is 0.839. The van der Waals surface area contributed by atoms with E-state index in [-0.39, 0.29) is 5.69 Å². The summed E-state index contributed by atoms with van der Waals surface area (Å²) >= 11 is 0. The monoisotopic (exact) mass is 209 g/mol. The first-order valence-electron chi connectivity index (χ1n) is 4.46. The molecule has 0 radical (unpaired) electrons. The summed E-state index contributed by atoms with van der Waals surface area (Å²) in [4.78, 5) is 0. The average molecular weight is 209 g/mol. The van der Waals surface area contributed by atoms with E-state index in [2.05, 4.69) is 5.32 Å². The van der Waals surface area contributed by atoms with Crippen LogP contribution in [0.2, 0.25) is 0 Å². The topological polar surface area (TPSA) is 25.2 Å². The van der Waals surface area contributed by atoms with Crippen LogP contribution >= 0.6 is 0 Å². The standard InChI is InChI=1S/C11H9F2NO/c12-9-2-1-3-10(11(9)13)14-6-8-4-5-15-7-8/h1-5,7,14H,6H2. The van der Waals surface area contributed by atoms with E-state index in [9.17, 15) is 8.78 Å². The molecule has 15 heavy (non-hydrogen) atoms. The number of anilines is 1. The second-order valence-corrected chi connectivity index (χ2v) is 3.09. The van der Waals surface area contributed by atoms with Crippen molar-refractivity contribution < 1.29 is 13.2 Å². The van der Waals surface area contributed by atoms with Gasteiger partial charge in [-0.25, -0.2) is 8.78 Å². The van der Waals surface area contributed by atoms with Crippen molar-refractivity contribution in [2.75, 3.05) is 5.32 Å². The van der Waals surface area contributed by atoms with E-state index in [0.717, 1.165) is 11.6 Å². The summed E-state index contributed by atoms with van der Waals surface area (Å²) in [5.74, 6) is -1.71. The molecule has 1 aromatic heterocycles. The van der Waals surface area contributed by atoms with Crippen molar-refractivity contribution >= 4 is 5.69 Å². The van der Waals surface area contributed by atoms with Crippen molar-refractivity contribution in [1.29, 1.82) is 0 Å². The fraction of sp³-hybridized carbons (Fsp3) is 0.0909. The van der Waals surface area contributed by atoms with Crippen LogP contribution in [0.3, 0.4) is 0 Å². The van der Waals surface area contributed by atoms with Gasteiger partial charge in [0.2, 0.25) is 0 Å². The van der Waals surface area contributed by atoms with Crippen LogP contribution in [0.5, 0.6) is 0 Å². The van der Waals surface area contributed by atoms with E-state index < -0.39 is 11.6 Å². The van der Waals surface area contributed by atoms with Crippen LogP contribution in [0.1, 0.15) is 5.56 Å². The van der Waals surface area contributed by atoms with Crippen LogP contribution in [0.15, 0.2) is 41.2 Å². The Hall–Kier alpha value is -1.84. The lowest BCUT2D eigenvalue weighted by Crippen LogP contribution is -2.01. The number of halogens is 2. The number of hydrogen-bond donors (Lipinski definition) is 1. The third-order valence-corrected chi connectivity index (χ3v) is 2.01. The fourth-order valence-corrected chi connectivity index (χ4v) is 1.23. The summed E-state index contributed by atoms with van der Waals surface area (Å²) in [6.45, 7) is 0.400. The third kappa shape index (κ3) is 2.15. The van der Waals surface area contributed by atoms with E-state index in [0.29, 0.717) is 6.54 Å². The average Bonchev–Trinajstić information content (AvgIpc) is 2.73. The number of nitrogens with one attached hydrogen (secondary N) is 1. The van der Waals surface area contributed by atoms with Gasteiger partial charge in [-0.2, -0.15) is 0 Å². The molecule has 2 rings (SSSR count). The van der Waals surface area contributed by atoms with Crippen LogP contribution in [0.4, 0.5) is 14.5 Å². The number of benzene rings is 1. The first kappa shape index (κ1) is 9.71. The normalized spacial score (nSPS) is 10.3. The molecule has 0 aliphatic heterocycles. The molecule has 4 heteroatoms. The number of furan rings is 1. The molecule has 2 nitrogen and oxygen atoms in total. The second-order valence-electron chi connectivity index (χ2n) is 3.09. The first-order valence-corrected chi connectivity index (χ1v) is 4.46. The number of rotatable bonds is 3. The van der Waals surface area contributed by atoms with Crippen molar-refractivity contribution in [1.82, 2.24) is 0 Å². The highest BCUT2D eigenvalue weighted by Crippen LogP contribution is 2.17. The molecule has 1 N–H and O–H groups in total. The highest BCUT2D eigenvalue weighted by molar-refractivity contribution is 5.45. The summed E-state index contributed by atoms with van der Waals surface area (Å²) in [5.41, 5.74) is 1.02. The van der Waals surface area contributed by atoms with Gasteiger partial charge in [0.25, 0.3) is 0 Å². The summed E-state index contributed by atoms with van der Waals surface area (Å²) < 4.78 is 30.8. The molecular weight excluding hydrogens is 200 g/mol. The molecule has 0 aliphatic carbocycles. The molecule has 0 fully saturated rings. The van der Waals surface area contributed by atoms with Gasteiger partial charge < -0.3 is 9.73 Å². The van der Waals surface area contributed by atoms with E-state index >= 15 is 0 Å². The molecule has 1 heterocycles. The molecule has 0 saturated heterocycles. The van der Waals surface area contributed by atoms with E-state index in [4.69, 9.17) is 4.42 Å². The third-order valence-electron chi connectivity index (χ3n) is 2.01. The lowest BCUT2D eigenvalue weighted by Gasteiger charge is -2.05. The highest BCUT2D eigenvalue weighted by Gasteiger charge is 2.06. The smallest absolute Gasteiger partial charge is 0.181 e. The van der Waals surface area contributed by atoms with Gasteiger partial charge in [0, 0.05) is 12.1 Å². The highest BCUT2D eigenvalue weighted by atomic mass is 19.2. The summed E-state index contributed by atoms with van der Waals surface area (Å²) in [6, 6.07) is 5.77. The van der Waals surface area contributed by atoms with Crippen LogP contribution in [-0.2, 0) is 6.54 Å². The van der Waals surface area contributed by atoms with Gasteiger partial charge in [-0.3, -0.25) is 0 Å². The lowest BCUT2D eigenvalue weighted by atomic mass is 10.2. The summed E-state index contributed by atoms with van der Waals surface area (Å²) in [5, 5.41) is 2.78. The predicted octanol–water partition coefficient (Wildman–Crippen LogP) is 3.17. The molecule has 0 spiro atoms. The number of hydrogen-bond acceptors (Lipinski definition) is 2. The molecule has 0 aliphatic rings. The van der Waals surface area contributed by atoms with Gasteiger partial charge in [-0.1, -0.05) is 6.07 Å². The lowest BCUT2D eigenvalue weighted by molar-refractivity contribution is 0.511. The van der Waals surface area contributed by atoms with E-state index in [1.54, 1.807) is 12.3 Å². The Kier molecular flexibility index (Phi) is 2.67. The van der Waals surface area contributed by atoms with Gasteiger partial charge in [-0.05, 0) is 18.2 Å². The minimum Gasteiger partial charge on any atom is -0.472 e. The maximum Gasteiger partial charge on any atom is 0.181 e. The van der Waals surface area contributed by atoms with Crippen molar-refractivity contribution in [3.05, 3.63) is 54.0 Å². The molecule has 0 bridgehead atoms. The molecule has 0 unspecified atom stereocenters. The van der Waals surface area contributed by atoms with Crippen LogP contribution < -0.4 is 5.32 Å². The zero-order valence-electron chi connectivity index (χ0n) is 7.84. The maximum absolute atomic E-state index is 13.2. The summed E-state index contributed by atoms with van der Waals surface area (Å²) in [7, 11) is 0. The van der Waals surface area contributed by atoms with Gasteiger partial charge in [0.15, 0.2) is 11.6 Å². The van der Waals surface area contributed by atoms with Crippen molar-refractivity contribution in [3.8, 4) is 0 Å². The fourth-order valence-electron chi connectivity index (χ4n) is 1.23. The second kappa shape index (κ2) is 4.13. The molecule has 0 atom stereocenters. The van der Waals surface area contributed by atoms with Crippen molar-refractivity contribution in [2.24, 2.45) is 0 Å².